The first kappa shape index (κ1) is 15.5. The molecule has 0 saturated heterocycles. The maximum absolute atomic E-state index is 11.4. The number of hydrogen-bond donors (Lipinski definition) is 1. The van der Waals surface area contributed by atoms with E-state index in [1.807, 2.05) is 32.0 Å². The van der Waals surface area contributed by atoms with Crippen LogP contribution in [0.15, 0.2) is 35.5 Å². The van der Waals surface area contributed by atoms with Crippen molar-refractivity contribution in [1.29, 1.82) is 0 Å². The summed E-state index contributed by atoms with van der Waals surface area (Å²) in [5.41, 5.74) is 2.56. The lowest BCUT2D eigenvalue weighted by Crippen LogP contribution is -2.21. The molecule has 0 atom stereocenters. The van der Waals surface area contributed by atoms with E-state index in [4.69, 9.17) is 11.6 Å². The zero-order valence-corrected chi connectivity index (χ0v) is 14.2. The number of benzene rings is 1. The molecule has 8 heteroatoms. The highest BCUT2D eigenvalue weighted by molar-refractivity contribution is 6.32. The Morgan fingerprint density at radius 1 is 1.20 bits per heavy atom. The summed E-state index contributed by atoms with van der Waals surface area (Å²) in [5.74, 6) is 0.634. The largest absolute Gasteiger partial charge is 0.339 e. The van der Waals surface area contributed by atoms with Gasteiger partial charge in [-0.15, -0.1) is 0 Å². The first-order valence-electron chi connectivity index (χ1n) is 7.57. The molecule has 0 spiro atoms. The lowest BCUT2D eigenvalue weighted by Gasteiger charge is -2.09. The molecule has 1 aromatic carbocycles. The molecule has 25 heavy (non-hydrogen) atoms. The van der Waals surface area contributed by atoms with Gasteiger partial charge in [0.05, 0.1) is 17.2 Å². The van der Waals surface area contributed by atoms with Gasteiger partial charge in [-0.3, -0.25) is 4.79 Å². The van der Waals surface area contributed by atoms with Crippen molar-refractivity contribution in [1.82, 2.24) is 19.7 Å². The van der Waals surface area contributed by atoms with E-state index in [1.165, 1.54) is 12.3 Å². The lowest BCUT2D eigenvalue weighted by atomic mass is 10.2. The van der Waals surface area contributed by atoms with Gasteiger partial charge in [0.1, 0.15) is 5.02 Å². The van der Waals surface area contributed by atoms with Gasteiger partial charge in [-0.05, 0) is 38.1 Å². The Morgan fingerprint density at radius 3 is 2.80 bits per heavy atom. The van der Waals surface area contributed by atoms with Gasteiger partial charge < -0.3 is 5.32 Å². The number of fused-ring (bicyclic) bond motifs is 1. The fourth-order valence-electron chi connectivity index (χ4n) is 2.65. The minimum absolute atomic E-state index is 0.251. The van der Waals surface area contributed by atoms with Crippen molar-refractivity contribution >= 4 is 35.1 Å². The van der Waals surface area contributed by atoms with Crippen LogP contribution in [-0.4, -0.2) is 25.7 Å². The van der Waals surface area contributed by atoms with Gasteiger partial charge >= 0.3 is 0 Å². The number of hydrogen-bond acceptors (Lipinski definition) is 5. The van der Waals surface area contributed by atoms with E-state index >= 15 is 0 Å². The average molecular weight is 353 g/mol. The van der Waals surface area contributed by atoms with Crippen LogP contribution in [0.25, 0.3) is 12.0 Å². The normalized spacial score (nSPS) is 12.5. The van der Waals surface area contributed by atoms with E-state index in [-0.39, 0.29) is 5.91 Å². The van der Waals surface area contributed by atoms with Crippen LogP contribution >= 0.6 is 11.6 Å². The van der Waals surface area contributed by atoms with E-state index < -0.39 is 0 Å². The summed E-state index contributed by atoms with van der Waals surface area (Å²) in [6.45, 7) is 3.84. The number of aromatic nitrogens is 4. The molecule has 1 amide bonds. The lowest BCUT2D eigenvalue weighted by molar-refractivity contribution is -0.112. The fourth-order valence-corrected chi connectivity index (χ4v) is 2.79. The maximum Gasteiger partial charge on any atom is 0.270 e. The van der Waals surface area contributed by atoms with Crippen LogP contribution in [0, 0.1) is 13.8 Å². The molecule has 7 nitrogen and oxygen atoms in total. The Balaban J connectivity index is 1.72. The van der Waals surface area contributed by atoms with Gasteiger partial charge in [-0.2, -0.15) is 10.1 Å². The van der Waals surface area contributed by atoms with Crippen LogP contribution in [0.3, 0.4) is 0 Å². The summed E-state index contributed by atoms with van der Waals surface area (Å²) in [5, 5.41) is 9.34. The minimum atomic E-state index is -0.251. The standard InChI is InChI=1S/C17H13ClN6O/c1-9-5-10(2)24(23-9)17-19-8-13(18)16(22-17)20-12-3-4-14-11(6-12)7-15(25)21-14/h3-8H,1-2H3,(H,19,20,22). The molecule has 0 radical (unpaired) electrons. The van der Waals surface area contributed by atoms with Gasteiger partial charge in [0.2, 0.25) is 0 Å². The first-order chi connectivity index (χ1) is 12.0. The van der Waals surface area contributed by atoms with Crippen LogP contribution in [-0.2, 0) is 4.79 Å². The summed E-state index contributed by atoms with van der Waals surface area (Å²) < 4.78 is 1.66. The fraction of sp³-hybridized carbons (Fsp3) is 0.118. The van der Waals surface area contributed by atoms with Crippen molar-refractivity contribution < 1.29 is 4.79 Å². The summed E-state index contributed by atoms with van der Waals surface area (Å²) in [7, 11) is 0. The smallest absolute Gasteiger partial charge is 0.270 e. The summed E-state index contributed by atoms with van der Waals surface area (Å²) in [4.78, 5) is 24.0. The highest BCUT2D eigenvalue weighted by Crippen LogP contribution is 2.23. The molecule has 1 aliphatic heterocycles. The van der Waals surface area contributed by atoms with Crippen LogP contribution < -0.4 is 15.9 Å². The summed E-state index contributed by atoms with van der Waals surface area (Å²) in [6.07, 6.45) is 3.02. The van der Waals surface area contributed by atoms with Gasteiger partial charge in [-0.25, -0.2) is 14.7 Å². The highest BCUT2D eigenvalue weighted by Gasteiger charge is 2.11. The molecule has 0 aliphatic carbocycles. The zero-order valence-electron chi connectivity index (χ0n) is 13.5. The third kappa shape index (κ3) is 2.89. The maximum atomic E-state index is 11.4. The van der Waals surface area contributed by atoms with E-state index in [0.29, 0.717) is 22.1 Å². The number of nitrogens with one attached hydrogen (secondary N) is 1. The third-order valence-corrected chi connectivity index (χ3v) is 4.01. The Hall–Kier alpha value is -3.06. The second-order valence-corrected chi connectivity index (χ2v) is 6.11. The molecule has 2 aromatic heterocycles. The number of nitrogens with zero attached hydrogens (tertiary/aromatic N) is 5. The molecule has 4 rings (SSSR count). The van der Waals surface area contributed by atoms with Crippen LogP contribution in [0.1, 0.15) is 11.4 Å². The van der Waals surface area contributed by atoms with Crippen LogP contribution in [0.5, 0.6) is 0 Å². The molecule has 0 saturated carbocycles. The van der Waals surface area contributed by atoms with Crippen molar-refractivity contribution in [2.45, 2.75) is 13.8 Å². The van der Waals surface area contributed by atoms with Crippen LogP contribution in [0.4, 0.5) is 11.5 Å². The number of halogens is 1. The topological polar surface area (TPSA) is 85.1 Å². The number of carbonyl (C=O) groups is 1. The predicted octanol–water partition coefficient (Wildman–Crippen LogP) is 1.62. The Bertz CT molecular complexity index is 1130. The van der Waals surface area contributed by atoms with E-state index in [9.17, 15) is 4.79 Å². The van der Waals surface area contributed by atoms with Crippen LogP contribution in [0.2, 0.25) is 5.02 Å². The van der Waals surface area contributed by atoms with Gasteiger partial charge in [0, 0.05) is 22.7 Å². The number of rotatable bonds is 3. The van der Waals surface area contributed by atoms with Gasteiger partial charge in [0.15, 0.2) is 5.82 Å². The Labute approximate surface area is 147 Å². The number of carbonyl (C=O) groups excluding carboxylic acids is 1. The molecular formula is C17H13ClN6O. The highest BCUT2D eigenvalue weighted by atomic mass is 35.5. The van der Waals surface area contributed by atoms with Crippen molar-refractivity contribution in [2.24, 2.45) is 4.99 Å². The molecule has 3 heterocycles. The van der Waals surface area contributed by atoms with Crippen molar-refractivity contribution in [2.75, 3.05) is 5.32 Å². The molecule has 0 unspecified atom stereocenters. The van der Waals surface area contributed by atoms with Crippen molar-refractivity contribution in [3.63, 3.8) is 0 Å². The van der Waals surface area contributed by atoms with Crippen molar-refractivity contribution in [3.05, 3.63) is 57.4 Å². The Morgan fingerprint density at radius 2 is 2.04 bits per heavy atom. The molecule has 3 aromatic rings. The SMILES string of the molecule is Cc1cc(C)n(-c2ncc(Cl)c(Nc3ccc4c(c3)=CC(=O)N=4)n2)n1. The second-order valence-electron chi connectivity index (χ2n) is 5.70. The molecule has 1 N–H and O–H groups in total. The number of amides is 1. The van der Waals surface area contributed by atoms with Gasteiger partial charge in [-0.1, -0.05) is 11.6 Å². The quantitative estimate of drug-likeness (QED) is 0.774. The van der Waals surface area contributed by atoms with Crippen molar-refractivity contribution in [3.8, 4) is 5.95 Å². The van der Waals surface area contributed by atoms with E-state index in [2.05, 4.69) is 25.4 Å². The predicted molar refractivity (Wildman–Crippen MR) is 93.6 cm³/mol. The second kappa shape index (κ2) is 5.78. The summed E-state index contributed by atoms with van der Waals surface area (Å²) >= 11 is 6.22. The monoisotopic (exact) mass is 352 g/mol. The molecule has 124 valence electrons. The molecule has 0 bridgehead atoms. The van der Waals surface area contributed by atoms with Gasteiger partial charge in [0.25, 0.3) is 11.9 Å². The third-order valence-electron chi connectivity index (χ3n) is 3.73. The minimum Gasteiger partial charge on any atom is -0.339 e. The zero-order chi connectivity index (χ0) is 17.6. The summed E-state index contributed by atoms with van der Waals surface area (Å²) in [6, 6.07) is 7.36. The molecule has 1 aliphatic rings. The molecular weight excluding hydrogens is 340 g/mol. The number of anilines is 2. The average Bonchev–Trinajstić information content (AvgIpc) is 3.10. The Kier molecular flexibility index (Phi) is 3.58. The first-order valence-corrected chi connectivity index (χ1v) is 7.95. The van der Waals surface area contributed by atoms with E-state index in [1.54, 1.807) is 10.7 Å². The molecule has 0 fully saturated rings. The number of aryl methyl sites for hydroxylation is 2. The van der Waals surface area contributed by atoms with E-state index in [0.717, 1.165) is 22.3 Å².